The molecule has 0 bridgehead atoms. The summed E-state index contributed by atoms with van der Waals surface area (Å²) in [5.74, 6) is 2.21. The number of hydrogen-bond acceptors (Lipinski definition) is 5. The van der Waals surface area contributed by atoms with Crippen LogP contribution >= 0.6 is 11.8 Å². The Hall–Kier alpha value is -1.11. The van der Waals surface area contributed by atoms with E-state index in [9.17, 15) is 4.79 Å². The van der Waals surface area contributed by atoms with Gasteiger partial charge < -0.3 is 5.11 Å². The lowest BCUT2D eigenvalue weighted by Gasteiger charge is -2.26. The lowest BCUT2D eigenvalue weighted by Crippen LogP contribution is -2.19. The molecule has 0 aromatic carbocycles. The van der Waals surface area contributed by atoms with E-state index in [1.807, 2.05) is 4.68 Å². The van der Waals surface area contributed by atoms with Crippen LogP contribution in [0.2, 0.25) is 0 Å². The molecular formula is C12H20N4O2S. The Bertz CT molecular complexity index is 416. The fourth-order valence-corrected chi connectivity index (χ4v) is 3.24. The van der Waals surface area contributed by atoms with Crippen molar-refractivity contribution in [2.24, 2.45) is 5.92 Å². The Kier molecular flexibility index (Phi) is 5.18. The van der Waals surface area contributed by atoms with Crippen LogP contribution in [0.25, 0.3) is 0 Å². The molecule has 7 heteroatoms. The monoisotopic (exact) mass is 284 g/mol. The van der Waals surface area contributed by atoms with Crippen molar-refractivity contribution in [3.8, 4) is 0 Å². The Balaban J connectivity index is 1.85. The highest BCUT2D eigenvalue weighted by molar-refractivity contribution is 7.98. The van der Waals surface area contributed by atoms with Crippen molar-refractivity contribution in [3.05, 3.63) is 5.82 Å². The first-order chi connectivity index (χ1) is 9.16. The topological polar surface area (TPSA) is 80.9 Å². The summed E-state index contributed by atoms with van der Waals surface area (Å²) >= 11 is 1.57. The van der Waals surface area contributed by atoms with Crippen molar-refractivity contribution >= 4 is 17.7 Å². The normalized spacial score (nSPS) is 23.4. The number of aromatic nitrogens is 4. The zero-order valence-corrected chi connectivity index (χ0v) is 12.0. The van der Waals surface area contributed by atoms with Gasteiger partial charge in [-0.2, -0.15) is 11.8 Å². The molecular weight excluding hydrogens is 264 g/mol. The quantitative estimate of drug-likeness (QED) is 0.806. The highest BCUT2D eigenvalue weighted by Gasteiger charge is 2.22. The largest absolute Gasteiger partial charge is 0.481 e. The molecule has 0 spiro atoms. The third-order valence-electron chi connectivity index (χ3n) is 3.58. The second-order valence-corrected chi connectivity index (χ2v) is 6.25. The molecule has 1 fully saturated rings. The first-order valence-corrected chi connectivity index (χ1v) is 7.88. The maximum atomic E-state index is 10.4. The van der Waals surface area contributed by atoms with Crippen LogP contribution < -0.4 is 0 Å². The van der Waals surface area contributed by atoms with Crippen molar-refractivity contribution in [2.45, 2.75) is 50.8 Å². The van der Waals surface area contributed by atoms with Gasteiger partial charge in [-0.05, 0) is 42.0 Å². The highest BCUT2D eigenvalue weighted by atomic mass is 32.2. The van der Waals surface area contributed by atoms with Gasteiger partial charge in [-0.1, -0.05) is 6.92 Å². The summed E-state index contributed by atoms with van der Waals surface area (Å²) in [5.41, 5.74) is 0. The molecule has 1 aliphatic rings. The number of carbonyl (C=O) groups is 1. The maximum Gasteiger partial charge on any atom is 0.304 e. The second kappa shape index (κ2) is 6.88. The molecule has 0 radical (unpaired) electrons. The molecule has 0 aliphatic heterocycles. The van der Waals surface area contributed by atoms with Crippen LogP contribution in [0.15, 0.2) is 0 Å². The van der Waals surface area contributed by atoms with E-state index in [-0.39, 0.29) is 6.42 Å². The minimum absolute atomic E-state index is 0.188. The van der Waals surface area contributed by atoms with E-state index < -0.39 is 5.97 Å². The number of tetrazole rings is 1. The molecule has 1 saturated carbocycles. The van der Waals surface area contributed by atoms with Crippen LogP contribution in [0.5, 0.6) is 0 Å². The summed E-state index contributed by atoms with van der Waals surface area (Å²) in [7, 11) is 0. The fourth-order valence-electron chi connectivity index (χ4n) is 2.40. The SMILES string of the molecule is CC1CCC(n2nnnc2CSCCC(=O)O)CC1. The Labute approximate surface area is 117 Å². The van der Waals surface area contributed by atoms with E-state index in [0.29, 0.717) is 17.5 Å². The van der Waals surface area contributed by atoms with Gasteiger partial charge in [-0.15, -0.1) is 5.10 Å². The van der Waals surface area contributed by atoms with E-state index in [4.69, 9.17) is 5.11 Å². The summed E-state index contributed by atoms with van der Waals surface area (Å²) in [4.78, 5) is 10.4. The van der Waals surface area contributed by atoms with Crippen molar-refractivity contribution in [2.75, 3.05) is 5.75 Å². The number of rotatable bonds is 6. The molecule has 6 nitrogen and oxygen atoms in total. The summed E-state index contributed by atoms with van der Waals surface area (Å²) in [5, 5.41) is 20.5. The standard InChI is InChI=1S/C12H20N4O2S/c1-9-2-4-10(5-3-9)16-11(13-14-15-16)8-19-7-6-12(17)18/h9-10H,2-8H2,1H3,(H,17,18). The minimum atomic E-state index is -0.756. The van der Waals surface area contributed by atoms with E-state index in [1.54, 1.807) is 11.8 Å². The Morgan fingerprint density at radius 3 is 2.84 bits per heavy atom. The molecule has 0 unspecified atom stereocenters. The van der Waals surface area contributed by atoms with E-state index >= 15 is 0 Å². The third kappa shape index (κ3) is 4.19. The maximum absolute atomic E-state index is 10.4. The third-order valence-corrected chi connectivity index (χ3v) is 4.54. The molecule has 0 atom stereocenters. The number of hydrogen-bond donors (Lipinski definition) is 1. The number of carboxylic acid groups (broad SMARTS) is 1. The molecule has 2 rings (SSSR count). The first-order valence-electron chi connectivity index (χ1n) is 6.73. The van der Waals surface area contributed by atoms with Crippen LogP contribution in [-0.2, 0) is 10.5 Å². The summed E-state index contributed by atoms with van der Waals surface area (Å²) in [6, 6.07) is 0.418. The van der Waals surface area contributed by atoms with Gasteiger partial charge in [0.15, 0.2) is 5.82 Å². The van der Waals surface area contributed by atoms with Crippen LogP contribution in [0, 0.1) is 5.92 Å². The van der Waals surface area contributed by atoms with Crippen LogP contribution in [-0.4, -0.2) is 37.0 Å². The Morgan fingerprint density at radius 2 is 2.16 bits per heavy atom. The predicted molar refractivity (Wildman–Crippen MR) is 72.9 cm³/mol. The van der Waals surface area contributed by atoms with Gasteiger partial charge in [0.1, 0.15) is 0 Å². The van der Waals surface area contributed by atoms with Gasteiger partial charge in [0, 0.05) is 5.75 Å². The molecule has 19 heavy (non-hydrogen) atoms. The molecule has 106 valence electrons. The predicted octanol–water partition coefficient (Wildman–Crippen LogP) is 2.13. The van der Waals surface area contributed by atoms with Crippen LogP contribution in [0.4, 0.5) is 0 Å². The van der Waals surface area contributed by atoms with E-state index in [0.717, 1.165) is 24.6 Å². The average Bonchev–Trinajstić information content (AvgIpc) is 2.84. The van der Waals surface area contributed by atoms with Gasteiger partial charge in [0.2, 0.25) is 0 Å². The summed E-state index contributed by atoms with van der Waals surface area (Å²) < 4.78 is 1.94. The van der Waals surface area contributed by atoms with Crippen LogP contribution in [0.1, 0.15) is 50.9 Å². The van der Waals surface area contributed by atoms with E-state index in [1.165, 1.54) is 12.8 Å². The molecule has 0 amide bonds. The lowest BCUT2D eigenvalue weighted by molar-refractivity contribution is -0.136. The zero-order valence-electron chi connectivity index (χ0n) is 11.2. The lowest BCUT2D eigenvalue weighted by atomic mass is 9.87. The van der Waals surface area contributed by atoms with E-state index in [2.05, 4.69) is 22.4 Å². The average molecular weight is 284 g/mol. The van der Waals surface area contributed by atoms with Gasteiger partial charge in [-0.25, -0.2) is 4.68 Å². The van der Waals surface area contributed by atoms with Crippen molar-refractivity contribution < 1.29 is 9.90 Å². The van der Waals surface area contributed by atoms with Gasteiger partial charge >= 0.3 is 5.97 Å². The van der Waals surface area contributed by atoms with Crippen LogP contribution in [0.3, 0.4) is 0 Å². The molecule has 1 heterocycles. The highest BCUT2D eigenvalue weighted by Crippen LogP contribution is 2.32. The molecule has 1 aliphatic carbocycles. The van der Waals surface area contributed by atoms with Crippen molar-refractivity contribution in [1.82, 2.24) is 20.2 Å². The second-order valence-electron chi connectivity index (χ2n) is 5.15. The molecule has 1 aromatic rings. The minimum Gasteiger partial charge on any atom is -0.481 e. The number of nitrogens with zero attached hydrogens (tertiary/aromatic N) is 4. The van der Waals surface area contributed by atoms with Gasteiger partial charge in [0.05, 0.1) is 18.2 Å². The smallest absolute Gasteiger partial charge is 0.304 e. The zero-order chi connectivity index (χ0) is 13.7. The van der Waals surface area contributed by atoms with Crippen molar-refractivity contribution in [3.63, 3.8) is 0 Å². The summed E-state index contributed by atoms with van der Waals surface area (Å²) in [6.45, 7) is 2.29. The summed E-state index contributed by atoms with van der Waals surface area (Å²) in [6.07, 6.45) is 4.93. The fraction of sp³-hybridized carbons (Fsp3) is 0.833. The number of thioether (sulfide) groups is 1. The molecule has 1 N–H and O–H groups in total. The number of carboxylic acids is 1. The number of aliphatic carboxylic acids is 1. The molecule has 0 saturated heterocycles. The molecule has 1 aromatic heterocycles. The Morgan fingerprint density at radius 1 is 1.42 bits per heavy atom. The first kappa shape index (κ1) is 14.3. The van der Waals surface area contributed by atoms with Crippen molar-refractivity contribution in [1.29, 1.82) is 0 Å². The van der Waals surface area contributed by atoms with Gasteiger partial charge in [-0.3, -0.25) is 4.79 Å². The van der Waals surface area contributed by atoms with Gasteiger partial charge in [0.25, 0.3) is 0 Å².